The van der Waals surface area contributed by atoms with Gasteiger partial charge in [0, 0.05) is 19.3 Å². The molecule has 0 saturated heterocycles. The summed E-state index contributed by atoms with van der Waals surface area (Å²) in [6.07, 6.45) is 89.5. The van der Waals surface area contributed by atoms with E-state index in [1.165, 1.54) is 238 Å². The molecule has 0 aromatic rings. The Hall–Kier alpha value is -3.15. The number of unbranched alkanes of at least 4 members (excludes halogenated alkanes) is 41. The SMILES string of the molecule is CC/C=C\C/C=C\C/C=C\C/C=C\C/C=C\C/C=C\CCC(=O)OC(COC(=O)CCCCCCCCCCCCCCCCC)COC(=O)CCCCCCCCCCCCCCCCCCCCCCCCCCCCCC. The molecule has 80 heavy (non-hydrogen) atoms. The minimum absolute atomic E-state index is 0.101. The fourth-order valence-electron chi connectivity index (χ4n) is 10.3. The van der Waals surface area contributed by atoms with Gasteiger partial charge >= 0.3 is 17.9 Å². The fourth-order valence-corrected chi connectivity index (χ4v) is 10.3. The molecular formula is C74H132O6. The zero-order valence-corrected chi connectivity index (χ0v) is 53.3. The van der Waals surface area contributed by atoms with Crippen LogP contribution in [-0.2, 0) is 28.6 Å². The van der Waals surface area contributed by atoms with E-state index < -0.39 is 6.10 Å². The molecule has 0 saturated carbocycles. The molecule has 6 heteroatoms. The van der Waals surface area contributed by atoms with Crippen LogP contribution in [0.1, 0.15) is 361 Å². The van der Waals surface area contributed by atoms with E-state index in [1.54, 1.807) is 0 Å². The van der Waals surface area contributed by atoms with Crippen molar-refractivity contribution in [1.82, 2.24) is 0 Å². The zero-order chi connectivity index (χ0) is 57.8. The maximum atomic E-state index is 12.9. The van der Waals surface area contributed by atoms with Crippen molar-refractivity contribution >= 4 is 17.9 Å². The van der Waals surface area contributed by atoms with Gasteiger partial charge in [0.05, 0.1) is 0 Å². The van der Waals surface area contributed by atoms with Crippen LogP contribution in [0.15, 0.2) is 72.9 Å². The molecule has 6 nitrogen and oxygen atoms in total. The van der Waals surface area contributed by atoms with E-state index in [0.29, 0.717) is 19.3 Å². The molecule has 0 aliphatic heterocycles. The van der Waals surface area contributed by atoms with Crippen molar-refractivity contribution < 1.29 is 28.6 Å². The third-order valence-corrected chi connectivity index (χ3v) is 15.5. The first kappa shape index (κ1) is 76.9. The number of carbonyl (C=O) groups is 3. The average Bonchev–Trinajstić information content (AvgIpc) is 3.46. The first-order valence-corrected chi connectivity index (χ1v) is 34.9. The quantitative estimate of drug-likeness (QED) is 0.0261. The molecule has 0 aliphatic carbocycles. The van der Waals surface area contributed by atoms with Gasteiger partial charge in [0.15, 0.2) is 6.10 Å². The van der Waals surface area contributed by atoms with Crippen molar-refractivity contribution in [3.05, 3.63) is 72.9 Å². The number of hydrogen-bond acceptors (Lipinski definition) is 6. The van der Waals surface area contributed by atoms with Crippen molar-refractivity contribution in [2.75, 3.05) is 13.2 Å². The van der Waals surface area contributed by atoms with Gasteiger partial charge < -0.3 is 14.2 Å². The molecule has 0 aromatic heterocycles. The number of ether oxygens (including phenoxy) is 3. The molecule has 0 radical (unpaired) electrons. The van der Waals surface area contributed by atoms with E-state index >= 15 is 0 Å². The summed E-state index contributed by atoms with van der Waals surface area (Å²) < 4.78 is 16.9. The molecule has 464 valence electrons. The van der Waals surface area contributed by atoms with Gasteiger partial charge in [-0.1, -0.05) is 357 Å². The summed E-state index contributed by atoms with van der Waals surface area (Å²) in [4.78, 5) is 38.4. The van der Waals surface area contributed by atoms with Crippen LogP contribution in [-0.4, -0.2) is 37.2 Å². The second-order valence-electron chi connectivity index (χ2n) is 23.4. The van der Waals surface area contributed by atoms with Gasteiger partial charge in [-0.2, -0.15) is 0 Å². The van der Waals surface area contributed by atoms with Crippen LogP contribution >= 0.6 is 0 Å². The highest BCUT2D eigenvalue weighted by Gasteiger charge is 2.19. The number of esters is 3. The van der Waals surface area contributed by atoms with Gasteiger partial charge in [-0.25, -0.2) is 0 Å². The minimum Gasteiger partial charge on any atom is -0.462 e. The van der Waals surface area contributed by atoms with Crippen LogP contribution in [0.4, 0.5) is 0 Å². The molecular weight excluding hydrogens is 985 g/mol. The predicted octanol–water partition coefficient (Wildman–Crippen LogP) is 24.1. The standard InChI is InChI=1S/C74H132O6/c1-4-7-10-13-16-19-22-25-28-30-32-33-34-35-36-37-38-39-40-42-43-46-49-52-55-58-61-64-67-73(76)79-70-71(69-78-72(75)66-63-60-57-54-51-48-45-27-24-21-18-15-12-9-6-3)80-74(77)68-65-62-59-56-53-50-47-44-41-31-29-26-23-20-17-14-11-8-5-2/h8,11,17,20,26,29,41,44,50,53,59,62,71H,4-7,9-10,12-16,18-19,21-25,27-28,30-40,42-43,45-49,51-52,54-58,60-61,63-70H2,1-3H3/b11-8-,20-17-,29-26-,44-41-,53-50-,62-59-. The van der Waals surface area contributed by atoms with Crippen LogP contribution < -0.4 is 0 Å². The van der Waals surface area contributed by atoms with E-state index in [4.69, 9.17) is 14.2 Å². The van der Waals surface area contributed by atoms with E-state index in [9.17, 15) is 14.4 Å². The summed E-state index contributed by atoms with van der Waals surface area (Å²) in [6, 6.07) is 0. The Balaban J connectivity index is 4.31. The van der Waals surface area contributed by atoms with E-state index in [0.717, 1.165) is 77.0 Å². The number of carbonyl (C=O) groups excluding carboxylic acids is 3. The second-order valence-corrected chi connectivity index (χ2v) is 23.4. The summed E-state index contributed by atoms with van der Waals surface area (Å²) in [6.45, 7) is 6.53. The number of allylic oxidation sites excluding steroid dienone is 12. The van der Waals surface area contributed by atoms with Crippen LogP contribution in [0.3, 0.4) is 0 Å². The zero-order valence-electron chi connectivity index (χ0n) is 53.3. The Bertz CT molecular complexity index is 1470. The summed E-state index contributed by atoms with van der Waals surface area (Å²) in [5, 5.41) is 0. The lowest BCUT2D eigenvalue weighted by Gasteiger charge is -2.18. The van der Waals surface area contributed by atoms with Crippen molar-refractivity contribution in [1.29, 1.82) is 0 Å². The number of hydrogen-bond donors (Lipinski definition) is 0. The Morgan fingerprint density at radius 2 is 0.487 bits per heavy atom. The van der Waals surface area contributed by atoms with Crippen molar-refractivity contribution in [2.24, 2.45) is 0 Å². The van der Waals surface area contributed by atoms with Crippen molar-refractivity contribution in [2.45, 2.75) is 367 Å². The third-order valence-electron chi connectivity index (χ3n) is 15.5. The highest BCUT2D eigenvalue weighted by molar-refractivity contribution is 5.71. The highest BCUT2D eigenvalue weighted by Crippen LogP contribution is 2.18. The van der Waals surface area contributed by atoms with E-state index in [-0.39, 0.29) is 37.5 Å². The van der Waals surface area contributed by atoms with Gasteiger partial charge in [-0.3, -0.25) is 14.4 Å². The Morgan fingerprint density at radius 3 is 0.738 bits per heavy atom. The molecule has 1 unspecified atom stereocenters. The molecule has 0 bridgehead atoms. The first-order chi connectivity index (χ1) is 39.5. The lowest BCUT2D eigenvalue weighted by molar-refractivity contribution is -0.166. The van der Waals surface area contributed by atoms with Gasteiger partial charge in [-0.05, 0) is 57.8 Å². The molecule has 0 aliphatic rings. The Morgan fingerprint density at radius 1 is 0.263 bits per heavy atom. The van der Waals surface area contributed by atoms with Crippen molar-refractivity contribution in [3.8, 4) is 0 Å². The molecule has 0 rings (SSSR count). The largest absolute Gasteiger partial charge is 0.462 e. The molecule has 0 amide bonds. The smallest absolute Gasteiger partial charge is 0.306 e. The Kier molecular flexibility index (Phi) is 65.7. The topological polar surface area (TPSA) is 78.9 Å². The third kappa shape index (κ3) is 65.7. The molecule has 0 fully saturated rings. The average molecular weight is 1120 g/mol. The van der Waals surface area contributed by atoms with Crippen LogP contribution in [0, 0.1) is 0 Å². The van der Waals surface area contributed by atoms with Gasteiger partial charge in [0.2, 0.25) is 0 Å². The maximum Gasteiger partial charge on any atom is 0.306 e. The van der Waals surface area contributed by atoms with E-state index in [1.807, 2.05) is 6.08 Å². The first-order valence-electron chi connectivity index (χ1n) is 34.9. The summed E-state index contributed by atoms with van der Waals surface area (Å²) in [7, 11) is 0. The Labute approximate surface area is 497 Å². The summed E-state index contributed by atoms with van der Waals surface area (Å²) >= 11 is 0. The normalized spacial score (nSPS) is 12.5. The molecule has 1 atom stereocenters. The lowest BCUT2D eigenvalue weighted by Crippen LogP contribution is -2.30. The monoisotopic (exact) mass is 1120 g/mol. The van der Waals surface area contributed by atoms with Crippen LogP contribution in [0.2, 0.25) is 0 Å². The maximum absolute atomic E-state index is 12.9. The highest BCUT2D eigenvalue weighted by atomic mass is 16.6. The van der Waals surface area contributed by atoms with Gasteiger partial charge in [0.25, 0.3) is 0 Å². The predicted molar refractivity (Wildman–Crippen MR) is 348 cm³/mol. The fraction of sp³-hybridized carbons (Fsp3) is 0.797. The van der Waals surface area contributed by atoms with E-state index in [2.05, 4.69) is 87.6 Å². The molecule has 0 N–H and O–H groups in total. The van der Waals surface area contributed by atoms with Gasteiger partial charge in [-0.15, -0.1) is 0 Å². The second kappa shape index (κ2) is 68.3. The van der Waals surface area contributed by atoms with Gasteiger partial charge in [0.1, 0.15) is 13.2 Å². The summed E-state index contributed by atoms with van der Waals surface area (Å²) in [5.74, 6) is -0.964. The van der Waals surface area contributed by atoms with Crippen LogP contribution in [0.5, 0.6) is 0 Å². The molecule has 0 spiro atoms. The number of rotatable bonds is 64. The lowest BCUT2D eigenvalue weighted by atomic mass is 10.0. The van der Waals surface area contributed by atoms with Crippen LogP contribution in [0.25, 0.3) is 0 Å². The summed E-state index contributed by atoms with van der Waals surface area (Å²) in [5.41, 5.74) is 0. The molecule has 0 aromatic carbocycles. The molecule has 0 heterocycles. The minimum atomic E-state index is -0.814. The van der Waals surface area contributed by atoms with Crippen molar-refractivity contribution in [3.63, 3.8) is 0 Å².